The van der Waals surface area contributed by atoms with Crippen molar-refractivity contribution >= 4 is 11.9 Å². The molecule has 1 N–H and O–H groups in total. The number of hydrogen-bond donors (Lipinski definition) is 1. The molecule has 0 spiro atoms. The molecule has 0 aromatic carbocycles. The van der Waals surface area contributed by atoms with Crippen molar-refractivity contribution in [1.29, 1.82) is 0 Å². The van der Waals surface area contributed by atoms with Crippen LogP contribution in [0.4, 0.5) is 0 Å². The molecule has 98 valence electrons. The number of carboxylic acid groups (broad SMARTS) is 1. The van der Waals surface area contributed by atoms with E-state index in [2.05, 4.69) is 5.16 Å². The molecular formula is C12H16N2O4. The summed E-state index contributed by atoms with van der Waals surface area (Å²) < 4.78 is 5.01. The molecule has 1 amide bonds. The van der Waals surface area contributed by atoms with Crippen molar-refractivity contribution in [3.05, 3.63) is 17.5 Å². The quantitative estimate of drug-likeness (QED) is 0.864. The fraction of sp³-hybridized carbons (Fsp3) is 0.583. The maximum atomic E-state index is 11.9. The number of carboxylic acids is 1. The van der Waals surface area contributed by atoms with Crippen LogP contribution < -0.4 is 0 Å². The smallest absolute Gasteiger partial charge is 0.326 e. The van der Waals surface area contributed by atoms with E-state index in [-0.39, 0.29) is 12.3 Å². The highest BCUT2D eigenvalue weighted by atomic mass is 16.5. The van der Waals surface area contributed by atoms with Gasteiger partial charge in [0, 0.05) is 25.5 Å². The van der Waals surface area contributed by atoms with Crippen molar-refractivity contribution in [1.82, 2.24) is 10.1 Å². The molecule has 0 aliphatic carbocycles. The Labute approximate surface area is 105 Å². The van der Waals surface area contributed by atoms with E-state index in [1.165, 1.54) is 4.90 Å². The second-order valence-electron chi connectivity index (χ2n) is 4.52. The number of likely N-dealkylation sites (tertiary alicyclic amines) is 1. The fourth-order valence-electron chi connectivity index (χ4n) is 2.23. The van der Waals surface area contributed by atoms with Crippen LogP contribution in [-0.4, -0.2) is 39.6 Å². The van der Waals surface area contributed by atoms with Gasteiger partial charge in [0.15, 0.2) is 0 Å². The highest BCUT2D eigenvalue weighted by Gasteiger charge is 2.33. The third kappa shape index (κ3) is 2.69. The van der Waals surface area contributed by atoms with Gasteiger partial charge < -0.3 is 14.5 Å². The number of aryl methyl sites for hydroxylation is 2. The molecule has 1 aromatic heterocycles. The van der Waals surface area contributed by atoms with Gasteiger partial charge in [-0.3, -0.25) is 4.79 Å². The Bertz CT molecular complexity index is 455. The maximum Gasteiger partial charge on any atom is 0.326 e. The van der Waals surface area contributed by atoms with Crippen LogP contribution in [0.3, 0.4) is 0 Å². The molecule has 1 aliphatic rings. The van der Waals surface area contributed by atoms with Gasteiger partial charge in [0.25, 0.3) is 0 Å². The molecule has 18 heavy (non-hydrogen) atoms. The second-order valence-corrected chi connectivity index (χ2v) is 4.52. The summed E-state index contributed by atoms with van der Waals surface area (Å²) in [5.74, 6) is -0.391. The SMILES string of the molecule is Cc1cc(CCC(=O)N2CCC[C@H]2C(=O)O)on1. The molecule has 0 bridgehead atoms. The first-order valence-electron chi connectivity index (χ1n) is 6.02. The van der Waals surface area contributed by atoms with Gasteiger partial charge in [-0.05, 0) is 19.8 Å². The zero-order valence-electron chi connectivity index (χ0n) is 10.3. The number of carbonyl (C=O) groups is 2. The standard InChI is InChI=1S/C12H16N2O4/c1-8-7-9(18-13-8)4-5-11(15)14-6-2-3-10(14)12(16)17/h7,10H,2-6H2,1H3,(H,16,17)/t10-/m0/s1. The third-order valence-corrected chi connectivity index (χ3v) is 3.12. The summed E-state index contributed by atoms with van der Waals surface area (Å²) >= 11 is 0. The van der Waals surface area contributed by atoms with Crippen molar-refractivity contribution < 1.29 is 19.2 Å². The van der Waals surface area contributed by atoms with E-state index < -0.39 is 12.0 Å². The molecule has 1 aromatic rings. The van der Waals surface area contributed by atoms with E-state index in [0.717, 1.165) is 12.1 Å². The van der Waals surface area contributed by atoms with Crippen molar-refractivity contribution in [3.8, 4) is 0 Å². The third-order valence-electron chi connectivity index (χ3n) is 3.12. The lowest BCUT2D eigenvalue weighted by atomic mass is 10.2. The summed E-state index contributed by atoms with van der Waals surface area (Å²) in [4.78, 5) is 24.4. The van der Waals surface area contributed by atoms with Gasteiger partial charge in [-0.15, -0.1) is 0 Å². The van der Waals surface area contributed by atoms with E-state index in [1.807, 2.05) is 6.92 Å². The van der Waals surface area contributed by atoms with Crippen LogP contribution in [0, 0.1) is 6.92 Å². The van der Waals surface area contributed by atoms with Crippen LogP contribution in [0.25, 0.3) is 0 Å². The monoisotopic (exact) mass is 252 g/mol. The molecule has 1 fully saturated rings. The van der Waals surface area contributed by atoms with Gasteiger partial charge >= 0.3 is 5.97 Å². The Morgan fingerprint density at radius 3 is 3.00 bits per heavy atom. The predicted octanol–water partition coefficient (Wildman–Crippen LogP) is 0.991. The minimum absolute atomic E-state index is 0.131. The summed E-state index contributed by atoms with van der Waals surface area (Å²) in [5.41, 5.74) is 0.780. The van der Waals surface area contributed by atoms with Crippen LogP contribution in [-0.2, 0) is 16.0 Å². The summed E-state index contributed by atoms with van der Waals surface area (Å²) in [6.07, 6.45) is 2.02. The lowest BCUT2D eigenvalue weighted by Gasteiger charge is -2.21. The Morgan fingerprint density at radius 2 is 2.39 bits per heavy atom. The second kappa shape index (κ2) is 5.20. The summed E-state index contributed by atoms with van der Waals surface area (Å²) in [5, 5.41) is 12.7. The van der Waals surface area contributed by atoms with Gasteiger partial charge in [0.05, 0.1) is 5.69 Å². The van der Waals surface area contributed by atoms with Gasteiger partial charge in [0.2, 0.25) is 5.91 Å². The van der Waals surface area contributed by atoms with Crippen molar-refractivity contribution in [2.75, 3.05) is 6.54 Å². The Hall–Kier alpha value is -1.85. The first-order valence-corrected chi connectivity index (χ1v) is 6.02. The maximum absolute atomic E-state index is 11.9. The molecule has 1 atom stereocenters. The van der Waals surface area contributed by atoms with Crippen LogP contribution >= 0.6 is 0 Å². The van der Waals surface area contributed by atoms with Gasteiger partial charge in [0.1, 0.15) is 11.8 Å². The lowest BCUT2D eigenvalue weighted by molar-refractivity contribution is -0.148. The molecule has 2 heterocycles. The fourth-order valence-corrected chi connectivity index (χ4v) is 2.23. The Balaban J connectivity index is 1.89. The van der Waals surface area contributed by atoms with E-state index >= 15 is 0 Å². The molecule has 0 unspecified atom stereocenters. The summed E-state index contributed by atoms with van der Waals surface area (Å²) in [6, 6.07) is 1.13. The number of rotatable bonds is 4. The zero-order valence-corrected chi connectivity index (χ0v) is 10.3. The van der Waals surface area contributed by atoms with E-state index in [0.29, 0.717) is 25.1 Å². The summed E-state index contributed by atoms with van der Waals surface area (Å²) in [7, 11) is 0. The highest BCUT2D eigenvalue weighted by molar-refractivity contribution is 5.84. The van der Waals surface area contributed by atoms with E-state index in [1.54, 1.807) is 6.07 Å². The molecule has 1 saturated heterocycles. The van der Waals surface area contributed by atoms with Crippen molar-refractivity contribution in [2.24, 2.45) is 0 Å². The number of amides is 1. The largest absolute Gasteiger partial charge is 0.480 e. The molecule has 2 rings (SSSR count). The van der Waals surface area contributed by atoms with Crippen LogP contribution in [0.15, 0.2) is 10.6 Å². The normalized spacial score (nSPS) is 19.2. The van der Waals surface area contributed by atoms with E-state index in [4.69, 9.17) is 9.63 Å². The lowest BCUT2D eigenvalue weighted by Crippen LogP contribution is -2.40. The first-order chi connectivity index (χ1) is 8.58. The molecule has 0 saturated carbocycles. The number of aliphatic carboxylic acids is 1. The number of hydrogen-bond acceptors (Lipinski definition) is 4. The highest BCUT2D eigenvalue weighted by Crippen LogP contribution is 2.19. The summed E-state index contributed by atoms with van der Waals surface area (Å²) in [6.45, 7) is 2.35. The first kappa shape index (κ1) is 12.6. The molecule has 0 radical (unpaired) electrons. The Kier molecular flexibility index (Phi) is 3.64. The topological polar surface area (TPSA) is 83.6 Å². The molecular weight excluding hydrogens is 236 g/mol. The average molecular weight is 252 g/mol. The Morgan fingerprint density at radius 1 is 1.61 bits per heavy atom. The van der Waals surface area contributed by atoms with Gasteiger partial charge in [-0.1, -0.05) is 5.16 Å². The van der Waals surface area contributed by atoms with Crippen LogP contribution in [0.2, 0.25) is 0 Å². The van der Waals surface area contributed by atoms with Crippen molar-refractivity contribution in [2.45, 2.75) is 38.6 Å². The average Bonchev–Trinajstić information content (AvgIpc) is 2.94. The van der Waals surface area contributed by atoms with Crippen LogP contribution in [0.1, 0.15) is 30.7 Å². The number of carbonyl (C=O) groups excluding carboxylic acids is 1. The molecule has 6 heteroatoms. The molecule has 1 aliphatic heterocycles. The number of aromatic nitrogens is 1. The minimum Gasteiger partial charge on any atom is -0.480 e. The molecule has 6 nitrogen and oxygen atoms in total. The zero-order chi connectivity index (χ0) is 13.1. The minimum atomic E-state index is -0.920. The van der Waals surface area contributed by atoms with Gasteiger partial charge in [-0.25, -0.2) is 4.79 Å². The number of nitrogens with zero attached hydrogens (tertiary/aromatic N) is 2. The van der Waals surface area contributed by atoms with Gasteiger partial charge in [-0.2, -0.15) is 0 Å². The van der Waals surface area contributed by atoms with E-state index in [9.17, 15) is 9.59 Å². The van der Waals surface area contributed by atoms with Crippen LogP contribution in [0.5, 0.6) is 0 Å². The predicted molar refractivity (Wildman–Crippen MR) is 61.9 cm³/mol. The van der Waals surface area contributed by atoms with Crippen molar-refractivity contribution in [3.63, 3.8) is 0 Å².